The first-order valence-electron chi connectivity index (χ1n) is 8.40. The summed E-state index contributed by atoms with van der Waals surface area (Å²) in [6, 6.07) is 6.88. The summed E-state index contributed by atoms with van der Waals surface area (Å²) >= 11 is 3.93. The van der Waals surface area contributed by atoms with E-state index in [1.807, 2.05) is 0 Å². The van der Waals surface area contributed by atoms with Crippen LogP contribution in [0.4, 0.5) is 0 Å². The third kappa shape index (κ3) is 2.65. The highest BCUT2D eigenvalue weighted by atomic mass is 79.9. The average molecular weight is 377 g/mol. The predicted molar refractivity (Wildman–Crippen MR) is 90.9 cm³/mol. The maximum atomic E-state index is 12.9. The van der Waals surface area contributed by atoms with Crippen LogP contribution in [0.5, 0.6) is 5.75 Å². The highest BCUT2D eigenvalue weighted by Gasteiger charge is 2.60. The summed E-state index contributed by atoms with van der Waals surface area (Å²) < 4.78 is 5.86. The Morgan fingerprint density at radius 1 is 1.09 bits per heavy atom. The molecule has 0 saturated heterocycles. The lowest BCUT2D eigenvalue weighted by molar-refractivity contribution is -0.159. The monoisotopic (exact) mass is 376 g/mol. The lowest BCUT2D eigenvalue weighted by atomic mass is 9.49. The lowest BCUT2D eigenvalue weighted by Gasteiger charge is -2.58. The minimum atomic E-state index is -0.313. The van der Waals surface area contributed by atoms with Crippen LogP contribution < -0.4 is 4.74 Å². The van der Waals surface area contributed by atoms with Crippen molar-refractivity contribution in [2.45, 2.75) is 49.8 Å². The van der Waals surface area contributed by atoms with Crippen LogP contribution in [0.1, 0.15) is 55.8 Å². The third-order valence-corrected chi connectivity index (χ3v) is 6.82. The predicted octanol–water partition coefficient (Wildman–Crippen LogP) is 4.53. The minimum Gasteiger partial charge on any atom is -0.426 e. The van der Waals surface area contributed by atoms with E-state index in [1.165, 1.54) is 26.2 Å². The number of rotatable bonds is 3. The first kappa shape index (κ1) is 15.4. The summed E-state index contributed by atoms with van der Waals surface area (Å²) in [5.74, 6) is 1.79. The molecule has 23 heavy (non-hydrogen) atoms. The zero-order chi connectivity index (χ0) is 16.2. The molecular formula is C19H21BrO3. The van der Waals surface area contributed by atoms with Gasteiger partial charge in [-0.3, -0.25) is 9.59 Å². The molecule has 0 N–H and O–H groups in total. The molecule has 4 atom stereocenters. The Kier molecular flexibility index (Phi) is 3.45. The van der Waals surface area contributed by atoms with Crippen molar-refractivity contribution in [3.05, 3.63) is 29.8 Å². The van der Waals surface area contributed by atoms with E-state index in [0.717, 1.165) is 19.3 Å². The van der Waals surface area contributed by atoms with Gasteiger partial charge in [0.25, 0.3) is 0 Å². The topological polar surface area (TPSA) is 43.4 Å². The van der Waals surface area contributed by atoms with Crippen LogP contribution in [0.2, 0.25) is 0 Å². The summed E-state index contributed by atoms with van der Waals surface area (Å²) in [6.07, 6.45) is 6.52. The first-order chi connectivity index (χ1) is 10.9. The van der Waals surface area contributed by atoms with Gasteiger partial charge in [0, 0.05) is 9.89 Å². The van der Waals surface area contributed by atoms with Crippen molar-refractivity contribution in [2.75, 3.05) is 0 Å². The zero-order valence-electron chi connectivity index (χ0n) is 13.3. The van der Waals surface area contributed by atoms with E-state index in [4.69, 9.17) is 4.74 Å². The van der Waals surface area contributed by atoms with Gasteiger partial charge in [-0.15, -0.1) is 0 Å². The summed E-state index contributed by atoms with van der Waals surface area (Å²) in [4.78, 5) is 24.2. The van der Waals surface area contributed by atoms with E-state index in [-0.39, 0.29) is 21.5 Å². The lowest BCUT2D eigenvalue weighted by Crippen LogP contribution is -2.56. The minimum absolute atomic E-state index is 0.0187. The Morgan fingerprint density at radius 2 is 1.70 bits per heavy atom. The number of esters is 1. The van der Waals surface area contributed by atoms with E-state index >= 15 is 0 Å². The van der Waals surface area contributed by atoms with Gasteiger partial charge in [0.1, 0.15) is 5.75 Å². The molecule has 0 radical (unpaired) electrons. The van der Waals surface area contributed by atoms with Gasteiger partial charge in [0.2, 0.25) is 0 Å². The van der Waals surface area contributed by atoms with E-state index in [0.29, 0.717) is 23.1 Å². The molecule has 0 aromatic heterocycles. The van der Waals surface area contributed by atoms with Crippen molar-refractivity contribution in [1.82, 2.24) is 0 Å². The largest absolute Gasteiger partial charge is 0.426 e. The third-order valence-electron chi connectivity index (χ3n) is 5.89. The van der Waals surface area contributed by atoms with Crippen LogP contribution in [0.15, 0.2) is 24.3 Å². The average Bonchev–Trinajstić information content (AvgIpc) is 2.45. The molecule has 0 spiro atoms. The number of ether oxygens (including phenoxy) is 1. The van der Waals surface area contributed by atoms with Gasteiger partial charge in [0.15, 0.2) is 5.78 Å². The van der Waals surface area contributed by atoms with Crippen LogP contribution in [0.3, 0.4) is 0 Å². The van der Waals surface area contributed by atoms with E-state index in [1.54, 1.807) is 24.3 Å². The van der Waals surface area contributed by atoms with Crippen molar-refractivity contribution >= 4 is 27.7 Å². The van der Waals surface area contributed by atoms with Gasteiger partial charge in [-0.1, -0.05) is 15.9 Å². The molecule has 3 nitrogen and oxygen atoms in total. The van der Waals surface area contributed by atoms with Crippen LogP contribution in [-0.2, 0) is 4.79 Å². The fourth-order valence-electron chi connectivity index (χ4n) is 5.36. The molecule has 4 heteroatoms. The Morgan fingerprint density at radius 3 is 2.22 bits per heavy atom. The Bertz CT molecular complexity index is 650. The molecule has 2 unspecified atom stereocenters. The quantitative estimate of drug-likeness (QED) is 0.337. The van der Waals surface area contributed by atoms with Crippen molar-refractivity contribution < 1.29 is 14.3 Å². The number of alkyl halides is 1. The maximum absolute atomic E-state index is 12.9. The van der Waals surface area contributed by atoms with E-state index in [9.17, 15) is 9.59 Å². The fourth-order valence-corrected chi connectivity index (χ4v) is 6.81. The van der Waals surface area contributed by atoms with Crippen LogP contribution in [0, 0.1) is 17.3 Å². The van der Waals surface area contributed by atoms with Crippen LogP contribution in [0.25, 0.3) is 0 Å². The number of halogens is 1. The number of ketones is 1. The second-order valence-electron chi connectivity index (χ2n) is 7.86. The Balaban J connectivity index is 1.54. The van der Waals surface area contributed by atoms with E-state index in [2.05, 4.69) is 15.9 Å². The van der Waals surface area contributed by atoms with Crippen molar-refractivity contribution in [3.63, 3.8) is 0 Å². The molecule has 0 aliphatic heterocycles. The Labute approximate surface area is 144 Å². The van der Waals surface area contributed by atoms with E-state index < -0.39 is 0 Å². The highest BCUT2D eigenvalue weighted by Crippen LogP contribution is 2.64. The van der Waals surface area contributed by atoms with Crippen molar-refractivity contribution in [2.24, 2.45) is 17.3 Å². The summed E-state index contributed by atoms with van der Waals surface area (Å²) in [5.41, 5.74) is 0.325. The number of hydrogen-bond acceptors (Lipinski definition) is 3. The maximum Gasteiger partial charge on any atom is 0.317 e. The molecule has 4 saturated carbocycles. The van der Waals surface area contributed by atoms with Crippen LogP contribution in [-0.4, -0.2) is 16.1 Å². The number of hydrogen-bond donors (Lipinski definition) is 0. The number of carbonyl (C=O) groups is 2. The second kappa shape index (κ2) is 5.17. The van der Waals surface area contributed by atoms with Gasteiger partial charge < -0.3 is 4.74 Å². The molecule has 4 fully saturated rings. The van der Waals surface area contributed by atoms with Gasteiger partial charge in [-0.25, -0.2) is 0 Å². The second-order valence-corrected chi connectivity index (χ2v) is 9.54. The summed E-state index contributed by atoms with van der Waals surface area (Å²) in [6.45, 7) is 1.53. The molecule has 5 rings (SSSR count). The molecule has 122 valence electrons. The fraction of sp³-hybridized carbons (Fsp3) is 0.579. The first-order valence-corrected chi connectivity index (χ1v) is 9.19. The molecule has 0 heterocycles. The smallest absolute Gasteiger partial charge is 0.317 e. The number of Topliss-reactive ketones (excluding diaryl/α,β-unsaturated/α-hetero) is 1. The number of benzene rings is 1. The highest BCUT2D eigenvalue weighted by molar-refractivity contribution is 9.10. The summed E-state index contributed by atoms with van der Waals surface area (Å²) in [7, 11) is 0. The molecule has 4 aliphatic carbocycles. The van der Waals surface area contributed by atoms with Gasteiger partial charge >= 0.3 is 5.97 Å². The molecule has 1 aromatic carbocycles. The SMILES string of the molecule is CC(=O)c1ccc(OC(=O)C23C[C@@H]4C[C@@H](CC(Br)(C4)C2)C3)cc1. The van der Waals surface area contributed by atoms with Crippen molar-refractivity contribution in [1.29, 1.82) is 0 Å². The van der Waals surface area contributed by atoms with Gasteiger partial charge in [-0.2, -0.15) is 0 Å². The summed E-state index contributed by atoms with van der Waals surface area (Å²) in [5, 5.41) is 0. The van der Waals surface area contributed by atoms with Crippen LogP contribution >= 0.6 is 15.9 Å². The molecule has 1 aromatic rings. The standard InChI is InChI=1S/C19H21BrO3/c1-12(21)15-2-4-16(5-3-15)23-17(22)18-7-13-6-14(8-18)10-19(20,9-13)11-18/h2-5,13-14H,6-11H2,1H3/t13-,14+,18?,19?. The Hall–Kier alpha value is -1.16. The normalized spacial score (nSPS) is 37.7. The molecule has 0 amide bonds. The zero-order valence-corrected chi connectivity index (χ0v) is 14.9. The molecular weight excluding hydrogens is 356 g/mol. The van der Waals surface area contributed by atoms with Crippen molar-refractivity contribution in [3.8, 4) is 5.75 Å². The molecule has 4 aliphatic rings. The van der Waals surface area contributed by atoms with Gasteiger partial charge in [0.05, 0.1) is 5.41 Å². The molecule has 4 bridgehead atoms. The van der Waals surface area contributed by atoms with Gasteiger partial charge in [-0.05, 0) is 81.5 Å². The number of carbonyl (C=O) groups excluding carboxylic acids is 2.